The van der Waals surface area contributed by atoms with Gasteiger partial charge in [0.05, 0.1) is 5.69 Å². The Morgan fingerprint density at radius 2 is 2.16 bits per heavy atom. The first-order valence-corrected chi connectivity index (χ1v) is 6.36. The number of benzene rings is 1. The van der Waals surface area contributed by atoms with Crippen LogP contribution in [0.2, 0.25) is 0 Å². The molecule has 0 saturated carbocycles. The molecule has 1 atom stereocenters. The predicted octanol–water partition coefficient (Wildman–Crippen LogP) is 2.30. The molecular weight excluding hydrogens is 310 g/mol. The van der Waals surface area contributed by atoms with Gasteiger partial charge in [0.2, 0.25) is 0 Å². The van der Waals surface area contributed by atoms with Crippen LogP contribution in [0.1, 0.15) is 17.4 Å². The van der Waals surface area contributed by atoms with Crippen LogP contribution in [-0.4, -0.2) is 21.0 Å². The minimum Gasteiger partial charge on any atom is -0.480 e. The predicted molar refractivity (Wildman–Crippen MR) is 74.5 cm³/mol. The van der Waals surface area contributed by atoms with Gasteiger partial charge >= 0.3 is 5.97 Å². The summed E-state index contributed by atoms with van der Waals surface area (Å²) < 4.78 is 0.927. The SMILES string of the molecule is Cc1ccc(Br)cc1-c1ccnc(C(N)C(=O)O)n1. The highest BCUT2D eigenvalue weighted by Crippen LogP contribution is 2.25. The lowest BCUT2D eigenvalue weighted by molar-refractivity contribution is -0.138. The molecular formula is C13H12BrN3O2. The van der Waals surface area contributed by atoms with E-state index in [0.29, 0.717) is 5.69 Å². The lowest BCUT2D eigenvalue weighted by Crippen LogP contribution is -2.23. The number of carboxylic acids is 1. The molecule has 1 aromatic carbocycles. The van der Waals surface area contributed by atoms with Crippen LogP contribution in [0.25, 0.3) is 11.3 Å². The maximum absolute atomic E-state index is 10.9. The third kappa shape index (κ3) is 2.97. The van der Waals surface area contributed by atoms with Crippen LogP contribution < -0.4 is 5.73 Å². The standard InChI is InChI=1S/C13H12BrN3O2/c1-7-2-3-8(14)6-9(7)10-4-5-16-12(17-10)11(15)13(18)19/h2-6,11H,15H2,1H3,(H,18,19). The van der Waals surface area contributed by atoms with E-state index in [2.05, 4.69) is 25.9 Å². The first-order chi connectivity index (χ1) is 8.99. The van der Waals surface area contributed by atoms with Crippen molar-refractivity contribution < 1.29 is 9.90 Å². The summed E-state index contributed by atoms with van der Waals surface area (Å²) in [6.45, 7) is 1.96. The summed E-state index contributed by atoms with van der Waals surface area (Å²) >= 11 is 3.40. The Morgan fingerprint density at radius 1 is 1.42 bits per heavy atom. The van der Waals surface area contributed by atoms with Crippen LogP contribution in [0.3, 0.4) is 0 Å². The van der Waals surface area contributed by atoms with Gasteiger partial charge in [0.25, 0.3) is 0 Å². The largest absolute Gasteiger partial charge is 0.480 e. The molecule has 0 radical (unpaired) electrons. The average molecular weight is 322 g/mol. The van der Waals surface area contributed by atoms with E-state index in [-0.39, 0.29) is 5.82 Å². The van der Waals surface area contributed by atoms with E-state index < -0.39 is 12.0 Å². The van der Waals surface area contributed by atoms with Crippen molar-refractivity contribution in [3.05, 3.63) is 46.3 Å². The van der Waals surface area contributed by atoms with Gasteiger partial charge in [0.15, 0.2) is 11.9 Å². The molecule has 3 N–H and O–H groups in total. The topological polar surface area (TPSA) is 89.1 Å². The number of carbonyl (C=O) groups is 1. The van der Waals surface area contributed by atoms with Gasteiger partial charge in [-0.15, -0.1) is 0 Å². The summed E-state index contributed by atoms with van der Waals surface area (Å²) in [7, 11) is 0. The van der Waals surface area contributed by atoms with Crippen LogP contribution in [0.5, 0.6) is 0 Å². The van der Waals surface area contributed by atoms with Gasteiger partial charge in [-0.1, -0.05) is 22.0 Å². The maximum Gasteiger partial charge on any atom is 0.328 e. The highest BCUT2D eigenvalue weighted by Gasteiger charge is 2.18. The van der Waals surface area contributed by atoms with Crippen LogP contribution in [-0.2, 0) is 4.79 Å². The van der Waals surface area contributed by atoms with Crippen LogP contribution >= 0.6 is 15.9 Å². The third-order valence-electron chi connectivity index (χ3n) is 2.69. The fourth-order valence-electron chi connectivity index (χ4n) is 1.65. The number of carboxylic acid groups (broad SMARTS) is 1. The van der Waals surface area contributed by atoms with Crippen molar-refractivity contribution in [2.45, 2.75) is 13.0 Å². The molecule has 1 heterocycles. The number of aliphatic carboxylic acids is 1. The number of halogens is 1. The van der Waals surface area contributed by atoms with Crippen LogP contribution in [0.4, 0.5) is 0 Å². The van der Waals surface area contributed by atoms with Gasteiger partial charge < -0.3 is 10.8 Å². The van der Waals surface area contributed by atoms with Crippen LogP contribution in [0.15, 0.2) is 34.9 Å². The molecule has 1 unspecified atom stereocenters. The molecule has 0 aliphatic rings. The van der Waals surface area contributed by atoms with E-state index in [1.165, 1.54) is 6.20 Å². The Hall–Kier alpha value is -1.79. The molecule has 1 aromatic heterocycles. The average Bonchev–Trinajstić information content (AvgIpc) is 2.40. The van der Waals surface area contributed by atoms with Crippen molar-refractivity contribution in [1.82, 2.24) is 9.97 Å². The minimum atomic E-state index is -1.22. The summed E-state index contributed by atoms with van der Waals surface area (Å²) in [4.78, 5) is 19.0. The zero-order valence-electron chi connectivity index (χ0n) is 10.2. The molecule has 0 bridgehead atoms. The Labute approximate surface area is 118 Å². The van der Waals surface area contributed by atoms with Gasteiger partial charge in [-0.25, -0.2) is 9.97 Å². The van der Waals surface area contributed by atoms with E-state index in [4.69, 9.17) is 10.8 Å². The van der Waals surface area contributed by atoms with Crippen molar-refractivity contribution in [2.24, 2.45) is 5.73 Å². The molecule has 0 aliphatic carbocycles. The number of nitrogens with zero attached hydrogens (tertiary/aromatic N) is 2. The number of hydrogen-bond donors (Lipinski definition) is 2. The Morgan fingerprint density at radius 3 is 2.84 bits per heavy atom. The molecule has 2 rings (SSSR count). The van der Waals surface area contributed by atoms with Crippen molar-refractivity contribution >= 4 is 21.9 Å². The first kappa shape index (κ1) is 13.6. The van der Waals surface area contributed by atoms with E-state index in [1.807, 2.05) is 25.1 Å². The summed E-state index contributed by atoms with van der Waals surface area (Å²) in [6, 6.07) is 6.33. The molecule has 0 aliphatic heterocycles. The highest BCUT2D eigenvalue weighted by atomic mass is 79.9. The van der Waals surface area contributed by atoms with Gasteiger partial charge in [-0.05, 0) is 30.7 Å². The highest BCUT2D eigenvalue weighted by molar-refractivity contribution is 9.10. The lowest BCUT2D eigenvalue weighted by atomic mass is 10.1. The van der Waals surface area contributed by atoms with Crippen molar-refractivity contribution in [2.75, 3.05) is 0 Å². The molecule has 2 aromatic rings. The molecule has 5 nitrogen and oxygen atoms in total. The molecule has 0 spiro atoms. The Balaban J connectivity index is 2.49. The summed E-state index contributed by atoms with van der Waals surface area (Å²) in [5.41, 5.74) is 8.12. The minimum absolute atomic E-state index is 0.101. The number of aromatic nitrogens is 2. The molecule has 0 saturated heterocycles. The number of rotatable bonds is 3. The van der Waals surface area contributed by atoms with Gasteiger partial charge in [0.1, 0.15) is 0 Å². The second-order valence-corrected chi connectivity index (χ2v) is 4.99. The zero-order valence-corrected chi connectivity index (χ0v) is 11.8. The second-order valence-electron chi connectivity index (χ2n) is 4.08. The van der Waals surface area contributed by atoms with E-state index in [0.717, 1.165) is 15.6 Å². The van der Waals surface area contributed by atoms with Gasteiger partial charge in [-0.2, -0.15) is 0 Å². The van der Waals surface area contributed by atoms with Crippen molar-refractivity contribution in [3.63, 3.8) is 0 Å². The molecule has 19 heavy (non-hydrogen) atoms. The van der Waals surface area contributed by atoms with Gasteiger partial charge in [0, 0.05) is 16.2 Å². The van der Waals surface area contributed by atoms with Crippen molar-refractivity contribution in [3.8, 4) is 11.3 Å². The van der Waals surface area contributed by atoms with E-state index in [9.17, 15) is 4.79 Å². The molecule has 6 heteroatoms. The lowest BCUT2D eigenvalue weighted by Gasteiger charge is -2.09. The van der Waals surface area contributed by atoms with E-state index in [1.54, 1.807) is 6.07 Å². The van der Waals surface area contributed by atoms with Crippen molar-refractivity contribution in [1.29, 1.82) is 0 Å². The normalized spacial score (nSPS) is 12.2. The number of hydrogen-bond acceptors (Lipinski definition) is 4. The van der Waals surface area contributed by atoms with E-state index >= 15 is 0 Å². The summed E-state index contributed by atoms with van der Waals surface area (Å²) in [5.74, 6) is -1.05. The Bertz CT molecular complexity index is 631. The third-order valence-corrected chi connectivity index (χ3v) is 3.19. The van der Waals surface area contributed by atoms with Crippen LogP contribution in [0, 0.1) is 6.92 Å². The smallest absolute Gasteiger partial charge is 0.328 e. The molecule has 0 fully saturated rings. The zero-order chi connectivity index (χ0) is 14.0. The summed E-state index contributed by atoms with van der Waals surface area (Å²) in [5, 5.41) is 8.88. The summed E-state index contributed by atoms with van der Waals surface area (Å²) in [6.07, 6.45) is 1.51. The Kier molecular flexibility index (Phi) is 3.92. The number of aryl methyl sites for hydroxylation is 1. The second kappa shape index (κ2) is 5.46. The monoisotopic (exact) mass is 321 g/mol. The fraction of sp³-hybridized carbons (Fsp3) is 0.154. The molecule has 98 valence electrons. The van der Waals surface area contributed by atoms with Gasteiger partial charge in [-0.3, -0.25) is 4.79 Å². The number of nitrogens with two attached hydrogens (primary N) is 1. The molecule has 0 amide bonds. The quantitative estimate of drug-likeness (QED) is 0.905. The first-order valence-electron chi connectivity index (χ1n) is 5.57. The maximum atomic E-state index is 10.9. The fourth-order valence-corrected chi connectivity index (χ4v) is 2.02.